The SMILES string of the molecule is COc1ccc(Cl)cc1-c1nc(SC[C@H]2CN=C(c3ccccc3)NO2)n[nH]1. The zero-order valence-corrected chi connectivity index (χ0v) is 16.6. The summed E-state index contributed by atoms with van der Waals surface area (Å²) in [5.74, 6) is 2.70. The fourth-order valence-electron chi connectivity index (χ4n) is 2.70. The van der Waals surface area contributed by atoms with Crippen molar-refractivity contribution in [1.29, 1.82) is 0 Å². The van der Waals surface area contributed by atoms with E-state index in [-0.39, 0.29) is 6.10 Å². The summed E-state index contributed by atoms with van der Waals surface area (Å²) in [6.07, 6.45) is -0.0693. The fourth-order valence-corrected chi connectivity index (χ4v) is 3.65. The van der Waals surface area contributed by atoms with Gasteiger partial charge in [-0.1, -0.05) is 53.7 Å². The van der Waals surface area contributed by atoms with Crippen molar-refractivity contribution in [2.75, 3.05) is 19.4 Å². The van der Waals surface area contributed by atoms with Gasteiger partial charge in [0, 0.05) is 16.3 Å². The molecule has 0 unspecified atom stereocenters. The molecule has 3 aromatic rings. The van der Waals surface area contributed by atoms with Crippen molar-refractivity contribution in [3.63, 3.8) is 0 Å². The van der Waals surface area contributed by atoms with Crippen LogP contribution in [0.2, 0.25) is 5.02 Å². The van der Waals surface area contributed by atoms with Crippen molar-refractivity contribution in [2.45, 2.75) is 11.3 Å². The highest BCUT2D eigenvalue weighted by Gasteiger charge is 2.19. The third kappa shape index (κ3) is 4.30. The van der Waals surface area contributed by atoms with Crippen LogP contribution >= 0.6 is 23.4 Å². The fraction of sp³-hybridized carbons (Fsp3) is 0.211. The number of hydrogen-bond donors (Lipinski definition) is 2. The largest absolute Gasteiger partial charge is 0.496 e. The Morgan fingerprint density at radius 2 is 2.11 bits per heavy atom. The average molecular weight is 416 g/mol. The molecule has 0 spiro atoms. The number of aromatic amines is 1. The van der Waals surface area contributed by atoms with Crippen molar-refractivity contribution in [3.8, 4) is 17.1 Å². The van der Waals surface area contributed by atoms with E-state index in [0.29, 0.717) is 34.1 Å². The Kier molecular flexibility index (Phi) is 5.80. The first-order valence-electron chi connectivity index (χ1n) is 8.63. The minimum atomic E-state index is -0.0693. The summed E-state index contributed by atoms with van der Waals surface area (Å²) < 4.78 is 5.37. The van der Waals surface area contributed by atoms with E-state index in [9.17, 15) is 0 Å². The molecule has 7 nitrogen and oxygen atoms in total. The molecule has 9 heteroatoms. The first kappa shape index (κ1) is 18.8. The van der Waals surface area contributed by atoms with Gasteiger partial charge in [-0.2, -0.15) is 0 Å². The number of nitrogens with zero attached hydrogens (tertiary/aromatic N) is 3. The van der Waals surface area contributed by atoms with Crippen LogP contribution in [0.25, 0.3) is 11.4 Å². The predicted octanol–water partition coefficient (Wildman–Crippen LogP) is 3.58. The second-order valence-corrected chi connectivity index (χ2v) is 7.44. The van der Waals surface area contributed by atoms with Gasteiger partial charge in [0.25, 0.3) is 0 Å². The summed E-state index contributed by atoms with van der Waals surface area (Å²) in [6, 6.07) is 15.3. The first-order chi connectivity index (χ1) is 13.7. The van der Waals surface area contributed by atoms with Gasteiger partial charge in [-0.3, -0.25) is 14.9 Å². The maximum Gasteiger partial charge on any atom is 0.208 e. The smallest absolute Gasteiger partial charge is 0.208 e. The minimum Gasteiger partial charge on any atom is -0.496 e. The van der Waals surface area contributed by atoms with Gasteiger partial charge in [-0.05, 0) is 18.2 Å². The monoisotopic (exact) mass is 415 g/mol. The third-order valence-electron chi connectivity index (χ3n) is 4.10. The molecule has 4 rings (SSSR count). The van der Waals surface area contributed by atoms with Crippen LogP contribution in [-0.4, -0.2) is 46.5 Å². The molecule has 2 aromatic carbocycles. The van der Waals surface area contributed by atoms with Crippen LogP contribution in [0, 0.1) is 0 Å². The highest BCUT2D eigenvalue weighted by Crippen LogP contribution is 2.31. The van der Waals surface area contributed by atoms with Crippen LogP contribution in [0.5, 0.6) is 5.75 Å². The molecule has 144 valence electrons. The van der Waals surface area contributed by atoms with E-state index in [1.54, 1.807) is 25.3 Å². The van der Waals surface area contributed by atoms with Crippen molar-refractivity contribution < 1.29 is 9.57 Å². The summed E-state index contributed by atoms with van der Waals surface area (Å²) in [7, 11) is 1.61. The molecule has 1 aliphatic rings. The standard InChI is InChI=1S/C19H18ClN5O2S/c1-26-16-8-7-13(20)9-15(16)18-22-19(24-23-18)28-11-14-10-21-17(25-27-14)12-5-3-2-4-6-12/h2-9,14H,10-11H2,1H3,(H,21,25)(H,22,23,24)/t14-/m1/s1. The van der Waals surface area contributed by atoms with Crippen LogP contribution in [-0.2, 0) is 4.84 Å². The maximum absolute atomic E-state index is 6.09. The van der Waals surface area contributed by atoms with Gasteiger partial charge in [0.1, 0.15) is 11.9 Å². The number of amidine groups is 1. The van der Waals surface area contributed by atoms with E-state index >= 15 is 0 Å². The molecule has 0 aliphatic carbocycles. The maximum atomic E-state index is 6.09. The minimum absolute atomic E-state index is 0.0693. The molecule has 28 heavy (non-hydrogen) atoms. The van der Waals surface area contributed by atoms with Crippen molar-refractivity contribution in [1.82, 2.24) is 20.7 Å². The van der Waals surface area contributed by atoms with E-state index in [1.807, 2.05) is 30.3 Å². The lowest BCUT2D eigenvalue weighted by Crippen LogP contribution is -2.38. The quantitative estimate of drug-likeness (QED) is 0.598. The number of rotatable bonds is 6. The normalized spacial score (nSPS) is 16.4. The number of thioether (sulfide) groups is 1. The zero-order chi connectivity index (χ0) is 19.3. The number of aliphatic imine (C=N–C) groups is 1. The summed E-state index contributed by atoms with van der Waals surface area (Å²) >= 11 is 7.59. The van der Waals surface area contributed by atoms with Gasteiger partial charge >= 0.3 is 0 Å². The lowest BCUT2D eigenvalue weighted by Gasteiger charge is -2.22. The Bertz CT molecular complexity index is 979. The van der Waals surface area contributed by atoms with E-state index in [0.717, 1.165) is 17.0 Å². The second kappa shape index (κ2) is 8.64. The van der Waals surface area contributed by atoms with Gasteiger partial charge in [0.2, 0.25) is 5.16 Å². The molecule has 0 amide bonds. The van der Waals surface area contributed by atoms with Gasteiger partial charge in [-0.15, -0.1) is 5.10 Å². The van der Waals surface area contributed by atoms with Crippen LogP contribution < -0.4 is 10.2 Å². The summed E-state index contributed by atoms with van der Waals surface area (Å²) in [5.41, 5.74) is 4.70. The molecule has 2 N–H and O–H groups in total. The van der Waals surface area contributed by atoms with Crippen LogP contribution in [0.3, 0.4) is 0 Å². The van der Waals surface area contributed by atoms with E-state index < -0.39 is 0 Å². The Morgan fingerprint density at radius 3 is 2.86 bits per heavy atom. The molecule has 0 saturated carbocycles. The second-order valence-electron chi connectivity index (χ2n) is 6.02. The van der Waals surface area contributed by atoms with Crippen LogP contribution in [0.15, 0.2) is 58.7 Å². The molecule has 0 fully saturated rings. The predicted molar refractivity (Wildman–Crippen MR) is 110 cm³/mol. The zero-order valence-electron chi connectivity index (χ0n) is 15.1. The number of hydroxylamine groups is 1. The molecule has 1 aliphatic heterocycles. The molecular weight excluding hydrogens is 398 g/mol. The Balaban J connectivity index is 1.37. The Morgan fingerprint density at radius 1 is 1.25 bits per heavy atom. The number of benzene rings is 2. The average Bonchev–Trinajstić information content (AvgIpc) is 3.22. The van der Waals surface area contributed by atoms with E-state index in [4.69, 9.17) is 21.2 Å². The number of ether oxygens (including phenoxy) is 1. The van der Waals surface area contributed by atoms with Crippen molar-refractivity contribution >= 4 is 29.2 Å². The Hall–Kier alpha value is -2.55. The number of nitrogens with one attached hydrogen (secondary N) is 2. The van der Waals surface area contributed by atoms with Crippen LogP contribution in [0.4, 0.5) is 0 Å². The lowest BCUT2D eigenvalue weighted by molar-refractivity contribution is 0.0212. The third-order valence-corrected chi connectivity index (χ3v) is 5.32. The number of aromatic nitrogens is 3. The van der Waals surface area contributed by atoms with E-state index in [1.165, 1.54) is 11.8 Å². The van der Waals surface area contributed by atoms with Gasteiger partial charge < -0.3 is 4.74 Å². The highest BCUT2D eigenvalue weighted by atomic mass is 35.5. The van der Waals surface area contributed by atoms with Crippen molar-refractivity contribution in [2.24, 2.45) is 4.99 Å². The molecule has 1 atom stereocenters. The summed E-state index contributed by atoms with van der Waals surface area (Å²) in [6.45, 7) is 0.573. The molecule has 1 aromatic heterocycles. The number of hydrogen-bond acceptors (Lipinski definition) is 7. The molecule has 2 heterocycles. The van der Waals surface area contributed by atoms with Crippen LogP contribution in [0.1, 0.15) is 5.56 Å². The lowest BCUT2D eigenvalue weighted by atomic mass is 10.2. The van der Waals surface area contributed by atoms with Crippen molar-refractivity contribution in [3.05, 3.63) is 59.1 Å². The Labute approximate surface area is 171 Å². The number of halogens is 1. The summed E-state index contributed by atoms with van der Waals surface area (Å²) in [4.78, 5) is 14.8. The first-order valence-corrected chi connectivity index (χ1v) is 10.00. The van der Waals surface area contributed by atoms with Gasteiger partial charge in [0.15, 0.2) is 11.7 Å². The van der Waals surface area contributed by atoms with Gasteiger partial charge in [0.05, 0.1) is 19.2 Å². The number of methoxy groups -OCH3 is 1. The molecule has 0 radical (unpaired) electrons. The van der Waals surface area contributed by atoms with E-state index in [2.05, 4.69) is 25.7 Å². The van der Waals surface area contributed by atoms with Gasteiger partial charge in [-0.25, -0.2) is 10.5 Å². The molecule has 0 bridgehead atoms. The molecule has 0 saturated heterocycles. The summed E-state index contributed by atoms with van der Waals surface area (Å²) in [5, 5.41) is 8.43. The topological polar surface area (TPSA) is 84.4 Å². The number of H-pyrrole nitrogens is 1. The highest BCUT2D eigenvalue weighted by molar-refractivity contribution is 7.99. The molecular formula is C19H18ClN5O2S.